The topological polar surface area (TPSA) is 110 Å². The lowest BCUT2D eigenvalue weighted by Gasteiger charge is -2.32. The molecule has 2 amide bonds. The lowest BCUT2D eigenvalue weighted by atomic mass is 9.96. The highest BCUT2D eigenvalue weighted by molar-refractivity contribution is 7.89. The molecule has 1 aliphatic heterocycles. The summed E-state index contributed by atoms with van der Waals surface area (Å²) in [5.41, 5.74) is 0.820. The Bertz CT molecular complexity index is 975. The van der Waals surface area contributed by atoms with Gasteiger partial charge in [-0.15, -0.1) is 0 Å². The lowest BCUT2D eigenvalue weighted by Crippen LogP contribution is -2.43. The molecule has 1 fully saturated rings. The fourth-order valence-corrected chi connectivity index (χ4v) is 3.64. The second kappa shape index (κ2) is 8.07. The SMILES string of the molecule is NS(=O)(=O)c1ccc(NC(=O)[C@@H]2CCCN(C(=O)c3ccc(F)cc3)C2)cc1. The van der Waals surface area contributed by atoms with Crippen LogP contribution < -0.4 is 10.5 Å². The zero-order valence-electron chi connectivity index (χ0n) is 15.0. The summed E-state index contributed by atoms with van der Waals surface area (Å²) in [5.74, 6) is -1.30. The van der Waals surface area contributed by atoms with Crippen LogP contribution in [0.4, 0.5) is 10.1 Å². The first-order valence-electron chi connectivity index (χ1n) is 8.72. The first-order chi connectivity index (χ1) is 13.2. The second-order valence-electron chi connectivity index (χ2n) is 6.66. The number of halogens is 1. The molecule has 1 atom stereocenters. The fraction of sp³-hybridized carbons (Fsp3) is 0.263. The summed E-state index contributed by atoms with van der Waals surface area (Å²) in [6.07, 6.45) is 1.31. The van der Waals surface area contributed by atoms with Crippen LogP contribution in [0.15, 0.2) is 53.4 Å². The van der Waals surface area contributed by atoms with Gasteiger partial charge in [-0.1, -0.05) is 0 Å². The standard InChI is InChI=1S/C19H20FN3O4S/c20-15-5-3-13(4-6-15)19(25)23-11-1-2-14(12-23)18(24)22-16-7-9-17(10-8-16)28(21,26)27/h3-10,14H,1-2,11-12H2,(H,22,24)(H2,21,26,27)/t14-/m1/s1. The first kappa shape index (κ1) is 20.0. The van der Waals surface area contributed by atoms with Crippen LogP contribution in [0.2, 0.25) is 0 Å². The molecule has 0 saturated carbocycles. The lowest BCUT2D eigenvalue weighted by molar-refractivity contribution is -0.121. The molecule has 0 aromatic heterocycles. The van der Waals surface area contributed by atoms with Crippen molar-refractivity contribution in [2.24, 2.45) is 11.1 Å². The van der Waals surface area contributed by atoms with E-state index in [1.807, 2.05) is 0 Å². The molecule has 1 heterocycles. The molecular formula is C19H20FN3O4S. The first-order valence-corrected chi connectivity index (χ1v) is 10.3. The third kappa shape index (κ3) is 4.73. The molecular weight excluding hydrogens is 385 g/mol. The van der Waals surface area contributed by atoms with Crippen molar-refractivity contribution in [2.45, 2.75) is 17.7 Å². The summed E-state index contributed by atoms with van der Waals surface area (Å²) in [7, 11) is -3.79. The van der Waals surface area contributed by atoms with Crippen molar-refractivity contribution in [1.82, 2.24) is 4.90 Å². The van der Waals surface area contributed by atoms with Gasteiger partial charge in [-0.25, -0.2) is 17.9 Å². The third-order valence-corrected chi connectivity index (χ3v) is 5.55. The number of hydrogen-bond donors (Lipinski definition) is 2. The molecule has 1 saturated heterocycles. The molecule has 2 aromatic carbocycles. The molecule has 2 aromatic rings. The molecule has 3 rings (SSSR count). The highest BCUT2D eigenvalue weighted by atomic mass is 32.2. The summed E-state index contributed by atoms with van der Waals surface area (Å²) < 4.78 is 35.6. The molecule has 0 unspecified atom stereocenters. The number of primary sulfonamides is 1. The van der Waals surface area contributed by atoms with Crippen LogP contribution in [0.25, 0.3) is 0 Å². The zero-order valence-corrected chi connectivity index (χ0v) is 15.8. The van der Waals surface area contributed by atoms with Crippen LogP contribution in [0.3, 0.4) is 0 Å². The van der Waals surface area contributed by atoms with Crippen LogP contribution in [0, 0.1) is 11.7 Å². The molecule has 9 heteroatoms. The van der Waals surface area contributed by atoms with Crippen LogP contribution >= 0.6 is 0 Å². The molecule has 3 N–H and O–H groups in total. The van der Waals surface area contributed by atoms with Crippen molar-refractivity contribution in [3.63, 3.8) is 0 Å². The van der Waals surface area contributed by atoms with Gasteiger partial charge in [0.2, 0.25) is 15.9 Å². The minimum atomic E-state index is -3.79. The summed E-state index contributed by atoms with van der Waals surface area (Å²) in [4.78, 5) is 26.7. The van der Waals surface area contributed by atoms with Gasteiger partial charge in [0.25, 0.3) is 5.91 Å². The van der Waals surface area contributed by atoms with Crippen molar-refractivity contribution in [1.29, 1.82) is 0 Å². The Kier molecular flexibility index (Phi) is 5.76. The number of nitrogens with zero attached hydrogens (tertiary/aromatic N) is 1. The highest BCUT2D eigenvalue weighted by Crippen LogP contribution is 2.21. The van der Waals surface area contributed by atoms with E-state index in [1.165, 1.54) is 48.5 Å². The highest BCUT2D eigenvalue weighted by Gasteiger charge is 2.29. The van der Waals surface area contributed by atoms with E-state index in [0.717, 1.165) is 0 Å². The number of hydrogen-bond acceptors (Lipinski definition) is 4. The monoisotopic (exact) mass is 405 g/mol. The van der Waals surface area contributed by atoms with Gasteiger partial charge in [0, 0.05) is 24.3 Å². The van der Waals surface area contributed by atoms with Crippen LogP contribution in [-0.2, 0) is 14.8 Å². The minimum Gasteiger partial charge on any atom is -0.338 e. The molecule has 7 nitrogen and oxygen atoms in total. The number of rotatable bonds is 4. The van der Waals surface area contributed by atoms with Gasteiger partial charge in [0.1, 0.15) is 5.82 Å². The van der Waals surface area contributed by atoms with E-state index in [1.54, 1.807) is 4.90 Å². The van der Waals surface area contributed by atoms with E-state index >= 15 is 0 Å². The number of benzene rings is 2. The van der Waals surface area contributed by atoms with Gasteiger partial charge < -0.3 is 10.2 Å². The number of carbonyl (C=O) groups is 2. The van der Waals surface area contributed by atoms with Gasteiger partial charge >= 0.3 is 0 Å². The van der Waals surface area contributed by atoms with Crippen molar-refractivity contribution in [3.8, 4) is 0 Å². The van der Waals surface area contributed by atoms with Crippen LogP contribution in [0.5, 0.6) is 0 Å². The summed E-state index contributed by atoms with van der Waals surface area (Å²) in [6.45, 7) is 0.792. The van der Waals surface area contributed by atoms with E-state index in [2.05, 4.69) is 5.32 Å². The maximum atomic E-state index is 13.0. The maximum absolute atomic E-state index is 13.0. The number of sulfonamides is 1. The Labute approximate surface area is 162 Å². The molecule has 0 radical (unpaired) electrons. The van der Waals surface area contributed by atoms with Gasteiger partial charge in [0.15, 0.2) is 0 Å². The Morgan fingerprint density at radius 2 is 1.71 bits per heavy atom. The average Bonchev–Trinajstić information content (AvgIpc) is 2.68. The van der Waals surface area contributed by atoms with Crippen molar-refractivity contribution in [2.75, 3.05) is 18.4 Å². The van der Waals surface area contributed by atoms with Crippen molar-refractivity contribution >= 4 is 27.5 Å². The number of nitrogens with one attached hydrogen (secondary N) is 1. The maximum Gasteiger partial charge on any atom is 0.253 e. The summed E-state index contributed by atoms with van der Waals surface area (Å²) in [6, 6.07) is 10.9. The second-order valence-corrected chi connectivity index (χ2v) is 8.22. The number of piperidine rings is 1. The molecule has 0 bridgehead atoms. The van der Waals surface area contributed by atoms with E-state index in [9.17, 15) is 22.4 Å². The van der Waals surface area contributed by atoms with Gasteiger partial charge in [-0.2, -0.15) is 0 Å². The number of nitrogens with two attached hydrogens (primary N) is 1. The molecule has 0 spiro atoms. The van der Waals surface area contributed by atoms with E-state index in [4.69, 9.17) is 5.14 Å². The molecule has 28 heavy (non-hydrogen) atoms. The normalized spacial score (nSPS) is 17.2. The van der Waals surface area contributed by atoms with Crippen LogP contribution in [0.1, 0.15) is 23.2 Å². The van der Waals surface area contributed by atoms with Crippen molar-refractivity contribution in [3.05, 3.63) is 59.9 Å². The van der Waals surface area contributed by atoms with E-state index in [0.29, 0.717) is 30.6 Å². The van der Waals surface area contributed by atoms with Crippen molar-refractivity contribution < 1.29 is 22.4 Å². The predicted octanol–water partition coefficient (Wildman–Crippen LogP) is 1.96. The summed E-state index contributed by atoms with van der Waals surface area (Å²) in [5, 5.41) is 7.79. The third-order valence-electron chi connectivity index (χ3n) is 4.62. The number of amides is 2. The summed E-state index contributed by atoms with van der Waals surface area (Å²) >= 11 is 0. The quantitative estimate of drug-likeness (QED) is 0.810. The Morgan fingerprint density at radius 1 is 1.07 bits per heavy atom. The van der Waals surface area contributed by atoms with Gasteiger partial charge in [-0.05, 0) is 61.4 Å². The van der Waals surface area contributed by atoms with Gasteiger partial charge in [-0.3, -0.25) is 9.59 Å². The number of anilines is 1. The number of carbonyl (C=O) groups excluding carboxylic acids is 2. The number of likely N-dealkylation sites (tertiary alicyclic amines) is 1. The Morgan fingerprint density at radius 3 is 2.32 bits per heavy atom. The minimum absolute atomic E-state index is 0.0424. The molecule has 0 aliphatic carbocycles. The fourth-order valence-electron chi connectivity index (χ4n) is 3.12. The van der Waals surface area contributed by atoms with E-state index in [-0.39, 0.29) is 23.3 Å². The Balaban J connectivity index is 1.64. The Hall–Kier alpha value is -2.78. The largest absolute Gasteiger partial charge is 0.338 e. The smallest absolute Gasteiger partial charge is 0.253 e. The molecule has 148 valence electrons. The van der Waals surface area contributed by atoms with Crippen LogP contribution in [-0.4, -0.2) is 38.2 Å². The zero-order chi connectivity index (χ0) is 20.3. The average molecular weight is 405 g/mol. The van der Waals surface area contributed by atoms with E-state index < -0.39 is 21.8 Å². The predicted molar refractivity (Wildman–Crippen MR) is 101 cm³/mol. The van der Waals surface area contributed by atoms with Gasteiger partial charge in [0.05, 0.1) is 10.8 Å². The molecule has 1 aliphatic rings.